The van der Waals surface area contributed by atoms with Gasteiger partial charge in [0.25, 0.3) is 0 Å². The van der Waals surface area contributed by atoms with Crippen molar-refractivity contribution in [2.45, 2.75) is 52.1 Å². The molecule has 1 amide bonds. The fraction of sp³-hybridized carbons (Fsp3) is 0.556. The summed E-state index contributed by atoms with van der Waals surface area (Å²) in [4.78, 5) is 19.1. The summed E-state index contributed by atoms with van der Waals surface area (Å²) >= 11 is 0. The predicted octanol–water partition coefficient (Wildman–Crippen LogP) is 2.52. The van der Waals surface area contributed by atoms with Crippen LogP contribution in [-0.4, -0.2) is 39.3 Å². The van der Waals surface area contributed by atoms with Gasteiger partial charge < -0.3 is 9.72 Å². The first kappa shape index (κ1) is 16.0. The number of carbonyl (C=O) groups excluding carboxylic acids is 1. The van der Waals surface area contributed by atoms with Gasteiger partial charge in [0.2, 0.25) is 5.91 Å². The molecule has 0 spiro atoms. The van der Waals surface area contributed by atoms with E-state index in [-0.39, 0.29) is 5.91 Å². The molecule has 1 aliphatic heterocycles. The van der Waals surface area contributed by atoms with Crippen molar-refractivity contribution in [3.8, 4) is 0 Å². The quantitative estimate of drug-likeness (QED) is 0.922. The van der Waals surface area contributed by atoms with Crippen LogP contribution in [0.1, 0.15) is 43.9 Å². The molecule has 0 bridgehead atoms. The molecule has 1 unspecified atom stereocenters. The molecule has 3 heterocycles. The maximum absolute atomic E-state index is 11.9. The molecule has 23 heavy (non-hydrogen) atoms. The number of pyridine rings is 1. The highest BCUT2D eigenvalue weighted by atomic mass is 16.1. The third-order valence-electron chi connectivity index (χ3n) is 4.56. The van der Waals surface area contributed by atoms with Gasteiger partial charge in [0, 0.05) is 37.9 Å². The summed E-state index contributed by atoms with van der Waals surface area (Å²) in [5.41, 5.74) is 3.30. The number of piperidine rings is 1. The molecule has 0 saturated carbocycles. The number of imidazole rings is 1. The number of fused-ring (bicyclic) bond motifs is 1. The predicted molar refractivity (Wildman–Crippen MR) is 91.3 cm³/mol. The van der Waals surface area contributed by atoms with Gasteiger partial charge in [0.15, 0.2) is 0 Å². The fourth-order valence-corrected chi connectivity index (χ4v) is 3.42. The van der Waals surface area contributed by atoms with Gasteiger partial charge in [-0.15, -0.1) is 0 Å². The van der Waals surface area contributed by atoms with Crippen molar-refractivity contribution < 1.29 is 4.79 Å². The number of hydrogen-bond acceptors (Lipinski definition) is 3. The molecule has 0 radical (unpaired) electrons. The Kier molecular flexibility index (Phi) is 4.96. The molecule has 3 rings (SSSR count). The Morgan fingerprint density at radius 3 is 3.04 bits per heavy atom. The molecule has 5 heteroatoms. The Morgan fingerprint density at radius 1 is 1.35 bits per heavy atom. The highest BCUT2D eigenvalue weighted by Gasteiger charge is 2.25. The van der Waals surface area contributed by atoms with Gasteiger partial charge in [-0.2, -0.15) is 0 Å². The normalized spacial score (nSPS) is 19.1. The second-order valence-electron chi connectivity index (χ2n) is 6.48. The summed E-state index contributed by atoms with van der Waals surface area (Å²) in [6.07, 6.45) is 8.33. The number of aryl methyl sites for hydroxylation is 1. The van der Waals surface area contributed by atoms with Crippen molar-refractivity contribution in [1.29, 1.82) is 0 Å². The lowest BCUT2D eigenvalue weighted by molar-refractivity contribution is -0.122. The lowest BCUT2D eigenvalue weighted by atomic mass is 9.99. The van der Waals surface area contributed by atoms with Crippen LogP contribution in [0.15, 0.2) is 24.5 Å². The zero-order chi connectivity index (χ0) is 16.2. The Hall–Kier alpha value is -1.88. The Labute approximate surface area is 137 Å². The maximum atomic E-state index is 11.9. The van der Waals surface area contributed by atoms with E-state index < -0.39 is 0 Å². The number of likely N-dealkylation sites (tertiary alicyclic amines) is 1. The average molecular weight is 314 g/mol. The van der Waals surface area contributed by atoms with Gasteiger partial charge in [-0.05, 0) is 44.9 Å². The number of nitrogens with zero attached hydrogens (tertiary/aromatic N) is 3. The minimum absolute atomic E-state index is 0.162. The molecule has 1 aliphatic rings. The maximum Gasteiger partial charge on any atom is 0.221 e. The smallest absolute Gasteiger partial charge is 0.221 e. The molecule has 5 nitrogen and oxygen atoms in total. The summed E-state index contributed by atoms with van der Waals surface area (Å²) in [6, 6.07) is 4.48. The van der Waals surface area contributed by atoms with Gasteiger partial charge in [-0.3, -0.25) is 9.69 Å². The standard InChI is InChI=1S/C18H26N4O/c1-3-19-18(23)10-16-6-4-5-9-21(16)12-15-13-22-11-14(2)7-8-17(22)20-15/h7-8,11,13,16H,3-6,9-10,12H2,1-2H3,(H,19,23). The second-order valence-corrected chi connectivity index (χ2v) is 6.48. The molecule has 1 saturated heterocycles. The van der Waals surface area contributed by atoms with Gasteiger partial charge in [0.05, 0.1) is 5.69 Å². The molecule has 1 N–H and O–H groups in total. The lowest BCUT2D eigenvalue weighted by Crippen LogP contribution is -2.42. The van der Waals surface area contributed by atoms with Crippen molar-refractivity contribution in [3.63, 3.8) is 0 Å². The van der Waals surface area contributed by atoms with Gasteiger partial charge >= 0.3 is 0 Å². The Bertz CT molecular complexity index is 679. The van der Waals surface area contributed by atoms with Crippen LogP contribution in [0.4, 0.5) is 0 Å². The summed E-state index contributed by atoms with van der Waals surface area (Å²) < 4.78 is 2.09. The van der Waals surface area contributed by atoms with Crippen molar-refractivity contribution in [3.05, 3.63) is 35.8 Å². The summed E-state index contributed by atoms with van der Waals surface area (Å²) in [5.74, 6) is 0.162. The van der Waals surface area contributed by atoms with Crippen LogP contribution in [0.3, 0.4) is 0 Å². The van der Waals surface area contributed by atoms with Gasteiger partial charge in [0.1, 0.15) is 5.65 Å². The molecular weight excluding hydrogens is 288 g/mol. The lowest BCUT2D eigenvalue weighted by Gasteiger charge is -2.34. The number of amides is 1. The first-order valence-corrected chi connectivity index (χ1v) is 8.60. The first-order valence-electron chi connectivity index (χ1n) is 8.60. The van der Waals surface area contributed by atoms with Crippen LogP contribution >= 0.6 is 0 Å². The zero-order valence-corrected chi connectivity index (χ0v) is 14.1. The molecule has 0 aromatic carbocycles. The van der Waals surface area contributed by atoms with E-state index in [0.717, 1.165) is 30.9 Å². The van der Waals surface area contributed by atoms with Crippen molar-refractivity contribution in [1.82, 2.24) is 19.6 Å². The van der Waals surface area contributed by atoms with Gasteiger partial charge in [-0.1, -0.05) is 12.5 Å². The topological polar surface area (TPSA) is 49.6 Å². The van der Waals surface area contributed by atoms with Gasteiger partial charge in [-0.25, -0.2) is 4.98 Å². The minimum Gasteiger partial charge on any atom is -0.356 e. The van der Waals surface area contributed by atoms with Crippen LogP contribution in [0.2, 0.25) is 0 Å². The largest absolute Gasteiger partial charge is 0.356 e. The van der Waals surface area contributed by atoms with E-state index in [9.17, 15) is 4.79 Å². The van der Waals surface area contributed by atoms with E-state index in [4.69, 9.17) is 4.98 Å². The summed E-state index contributed by atoms with van der Waals surface area (Å²) in [6.45, 7) is 6.64. The highest BCUT2D eigenvalue weighted by molar-refractivity contribution is 5.76. The average Bonchev–Trinajstić information content (AvgIpc) is 2.91. The SMILES string of the molecule is CCNC(=O)CC1CCCCN1Cc1cn2cc(C)ccc2n1. The van der Waals surface area contributed by atoms with Crippen molar-refractivity contribution in [2.24, 2.45) is 0 Å². The highest BCUT2D eigenvalue weighted by Crippen LogP contribution is 2.22. The molecule has 124 valence electrons. The second kappa shape index (κ2) is 7.13. The molecule has 2 aromatic heterocycles. The van der Waals surface area contributed by atoms with E-state index in [1.165, 1.54) is 18.4 Å². The van der Waals surface area contributed by atoms with Crippen LogP contribution in [0.25, 0.3) is 5.65 Å². The van der Waals surface area contributed by atoms with Crippen molar-refractivity contribution >= 4 is 11.6 Å². The third kappa shape index (κ3) is 3.91. The number of carbonyl (C=O) groups is 1. The summed E-state index contributed by atoms with van der Waals surface area (Å²) in [5, 5.41) is 2.92. The van der Waals surface area contributed by atoms with E-state index in [2.05, 4.69) is 46.1 Å². The van der Waals surface area contributed by atoms with Crippen LogP contribution in [0, 0.1) is 6.92 Å². The number of nitrogens with one attached hydrogen (secondary N) is 1. The Balaban J connectivity index is 1.71. The molecule has 1 atom stereocenters. The van der Waals surface area contributed by atoms with Crippen LogP contribution in [0.5, 0.6) is 0 Å². The monoisotopic (exact) mass is 314 g/mol. The first-order chi connectivity index (χ1) is 11.2. The molecule has 1 fully saturated rings. The van der Waals surface area contributed by atoms with E-state index >= 15 is 0 Å². The molecule has 2 aromatic rings. The Morgan fingerprint density at radius 2 is 2.22 bits per heavy atom. The van der Waals surface area contributed by atoms with E-state index in [0.29, 0.717) is 19.0 Å². The fourth-order valence-electron chi connectivity index (χ4n) is 3.42. The summed E-state index contributed by atoms with van der Waals surface area (Å²) in [7, 11) is 0. The number of aromatic nitrogens is 2. The molecular formula is C18H26N4O. The van der Waals surface area contributed by atoms with E-state index in [1.54, 1.807) is 0 Å². The number of rotatable bonds is 5. The van der Waals surface area contributed by atoms with E-state index in [1.807, 2.05) is 6.92 Å². The number of hydrogen-bond donors (Lipinski definition) is 1. The third-order valence-corrected chi connectivity index (χ3v) is 4.56. The van der Waals surface area contributed by atoms with Crippen molar-refractivity contribution in [2.75, 3.05) is 13.1 Å². The van der Waals surface area contributed by atoms with Crippen LogP contribution in [-0.2, 0) is 11.3 Å². The van der Waals surface area contributed by atoms with Crippen LogP contribution < -0.4 is 5.32 Å². The minimum atomic E-state index is 0.162. The molecule has 0 aliphatic carbocycles. The zero-order valence-electron chi connectivity index (χ0n) is 14.1.